The SMILES string of the molecule is CCOC(=O)CN(C(=O)OCc1ccccc1)C([PH2]=S)(SC)SC. The first kappa shape index (κ1) is 21.4. The molecule has 0 N–H and O–H groups in total. The molecule has 24 heavy (non-hydrogen) atoms. The molecule has 9 heteroatoms. The molecule has 1 aromatic rings. The summed E-state index contributed by atoms with van der Waals surface area (Å²) in [6.45, 7) is 1.96. The molecule has 0 radical (unpaired) electrons. The van der Waals surface area contributed by atoms with Crippen LogP contribution in [0.15, 0.2) is 30.3 Å². The summed E-state index contributed by atoms with van der Waals surface area (Å²) in [5.74, 6) is -0.468. The predicted molar refractivity (Wildman–Crippen MR) is 107 cm³/mol. The number of carbonyl (C=O) groups excluding carboxylic acids is 2. The van der Waals surface area contributed by atoms with Crippen LogP contribution in [-0.2, 0) is 32.7 Å². The first-order valence-corrected chi connectivity index (χ1v) is 12.1. The smallest absolute Gasteiger partial charge is 0.412 e. The second-order valence-corrected chi connectivity index (χ2v) is 9.52. The zero-order valence-corrected chi connectivity index (χ0v) is 17.5. The standard InChI is InChI=1S/C15H22NO4PS3/c1-4-19-13(17)10-16(15(21-22,23-2)24-3)14(18)20-11-12-8-6-5-7-9-12/h5-9H,4,10-11,21H2,1-3H3. The van der Waals surface area contributed by atoms with Gasteiger partial charge in [0.25, 0.3) is 0 Å². The third-order valence-electron chi connectivity index (χ3n) is 3.13. The van der Waals surface area contributed by atoms with Crippen LogP contribution in [0.25, 0.3) is 0 Å². The first-order chi connectivity index (χ1) is 11.5. The van der Waals surface area contributed by atoms with Crippen LogP contribution >= 0.6 is 30.9 Å². The maximum absolute atomic E-state index is 12.6. The van der Waals surface area contributed by atoms with Crippen LogP contribution in [0.4, 0.5) is 4.79 Å². The number of hydrogen-bond donors (Lipinski definition) is 0. The Bertz CT molecular complexity index is 555. The van der Waals surface area contributed by atoms with Gasteiger partial charge in [-0.25, -0.2) is 4.79 Å². The van der Waals surface area contributed by atoms with Crippen LogP contribution < -0.4 is 0 Å². The summed E-state index contributed by atoms with van der Waals surface area (Å²) in [7, 11) is -0.544. The number of thioether (sulfide) groups is 2. The van der Waals surface area contributed by atoms with E-state index in [-0.39, 0.29) is 19.8 Å². The number of esters is 1. The van der Waals surface area contributed by atoms with Crippen LogP contribution in [0.3, 0.4) is 0 Å². The Morgan fingerprint density at radius 2 is 1.83 bits per heavy atom. The van der Waals surface area contributed by atoms with Crippen molar-refractivity contribution in [1.29, 1.82) is 0 Å². The lowest BCUT2D eigenvalue weighted by Gasteiger charge is -2.37. The summed E-state index contributed by atoms with van der Waals surface area (Å²) in [4.78, 5) is 25.9. The van der Waals surface area contributed by atoms with Crippen LogP contribution in [0.1, 0.15) is 12.5 Å². The molecule has 0 bridgehead atoms. The van der Waals surface area contributed by atoms with E-state index in [9.17, 15) is 9.59 Å². The monoisotopic (exact) mass is 407 g/mol. The van der Waals surface area contributed by atoms with Gasteiger partial charge in [-0.05, 0) is 32.4 Å². The van der Waals surface area contributed by atoms with Crippen LogP contribution in [0.5, 0.6) is 0 Å². The highest BCUT2D eigenvalue weighted by molar-refractivity contribution is 8.27. The van der Waals surface area contributed by atoms with Crippen molar-refractivity contribution >= 4 is 54.7 Å². The lowest BCUT2D eigenvalue weighted by molar-refractivity contribution is -0.144. The highest BCUT2D eigenvalue weighted by Crippen LogP contribution is 2.47. The van der Waals surface area contributed by atoms with E-state index in [0.717, 1.165) is 5.56 Å². The molecule has 0 spiro atoms. The number of rotatable bonds is 9. The Balaban J connectivity index is 2.91. The minimum absolute atomic E-state index is 0.143. The molecule has 0 saturated heterocycles. The lowest BCUT2D eigenvalue weighted by Crippen LogP contribution is -2.47. The largest absolute Gasteiger partial charge is 0.465 e. The molecule has 0 aliphatic rings. The minimum Gasteiger partial charge on any atom is -0.465 e. The Hall–Kier alpha value is -0.690. The molecule has 5 nitrogen and oxygen atoms in total. The normalized spacial score (nSPS) is 11.5. The highest BCUT2D eigenvalue weighted by atomic mass is 32.4. The molecule has 0 aromatic heterocycles. The number of benzene rings is 1. The first-order valence-electron chi connectivity index (χ1n) is 7.23. The van der Waals surface area contributed by atoms with Crippen LogP contribution in [-0.4, -0.2) is 46.6 Å². The van der Waals surface area contributed by atoms with Gasteiger partial charge in [-0.3, -0.25) is 9.69 Å². The van der Waals surface area contributed by atoms with Crippen molar-refractivity contribution in [2.24, 2.45) is 0 Å². The van der Waals surface area contributed by atoms with Gasteiger partial charge in [0.05, 0.1) is 6.61 Å². The summed E-state index contributed by atoms with van der Waals surface area (Å²) >= 11 is 8.21. The van der Waals surface area contributed by atoms with Gasteiger partial charge >= 0.3 is 12.1 Å². The van der Waals surface area contributed by atoms with Gasteiger partial charge in [0.15, 0.2) is 3.94 Å². The molecular weight excluding hydrogens is 385 g/mol. The summed E-state index contributed by atoms with van der Waals surface area (Å²) in [5, 5.41) is 0. The molecule has 0 aliphatic carbocycles. The average molecular weight is 408 g/mol. The van der Waals surface area contributed by atoms with Gasteiger partial charge in [-0.2, -0.15) is 0 Å². The van der Waals surface area contributed by atoms with Crippen LogP contribution in [0, 0.1) is 0 Å². The van der Waals surface area contributed by atoms with E-state index in [4.69, 9.17) is 21.3 Å². The second kappa shape index (κ2) is 11.0. The van der Waals surface area contributed by atoms with Gasteiger partial charge in [0.1, 0.15) is 13.2 Å². The molecule has 0 aliphatic heterocycles. The molecule has 134 valence electrons. The molecule has 0 saturated carbocycles. The van der Waals surface area contributed by atoms with Gasteiger partial charge in [-0.1, -0.05) is 42.1 Å². The molecule has 0 fully saturated rings. The maximum Gasteiger partial charge on any atom is 0.412 e. The van der Waals surface area contributed by atoms with Crippen molar-refractivity contribution in [3.8, 4) is 0 Å². The van der Waals surface area contributed by atoms with Crippen molar-refractivity contribution in [3.63, 3.8) is 0 Å². The highest BCUT2D eigenvalue weighted by Gasteiger charge is 2.39. The number of hydrogen-bond acceptors (Lipinski definition) is 7. The molecule has 1 amide bonds. The third kappa shape index (κ3) is 5.99. The molecule has 1 rings (SSSR count). The number of carbonyl (C=O) groups is 2. The molecule has 1 unspecified atom stereocenters. The molecular formula is C15H22NO4PS3. The minimum atomic E-state index is -0.671. The fourth-order valence-electron chi connectivity index (χ4n) is 1.90. The molecule has 1 atom stereocenters. The molecule has 1 aromatic carbocycles. The predicted octanol–water partition coefficient (Wildman–Crippen LogP) is 3.40. The summed E-state index contributed by atoms with van der Waals surface area (Å²) in [5.41, 5.74) is 0.881. The summed E-state index contributed by atoms with van der Waals surface area (Å²) in [6.07, 6.45) is 3.18. The Morgan fingerprint density at radius 1 is 1.21 bits per heavy atom. The zero-order valence-electron chi connectivity index (χ0n) is 13.9. The number of ether oxygens (including phenoxy) is 2. The van der Waals surface area contributed by atoms with Crippen molar-refractivity contribution in [2.45, 2.75) is 17.5 Å². The van der Waals surface area contributed by atoms with Gasteiger partial charge in [0, 0.05) is 0 Å². The van der Waals surface area contributed by atoms with E-state index in [2.05, 4.69) is 0 Å². The van der Waals surface area contributed by atoms with E-state index in [1.165, 1.54) is 28.4 Å². The van der Waals surface area contributed by atoms with Gasteiger partial charge in [-0.15, -0.1) is 23.5 Å². The number of amides is 1. The topological polar surface area (TPSA) is 55.8 Å². The molecule has 0 heterocycles. The second-order valence-electron chi connectivity index (χ2n) is 4.59. The van der Waals surface area contributed by atoms with Crippen LogP contribution in [0.2, 0.25) is 0 Å². The summed E-state index contributed by atoms with van der Waals surface area (Å²) < 4.78 is 9.71. The van der Waals surface area contributed by atoms with E-state index in [1.807, 2.05) is 42.8 Å². The van der Waals surface area contributed by atoms with E-state index < -0.39 is 23.4 Å². The van der Waals surface area contributed by atoms with Crippen molar-refractivity contribution in [3.05, 3.63) is 35.9 Å². The zero-order chi connectivity index (χ0) is 18.0. The average Bonchev–Trinajstić information content (AvgIpc) is 2.61. The maximum atomic E-state index is 12.6. The van der Waals surface area contributed by atoms with Gasteiger partial charge < -0.3 is 9.47 Å². The Morgan fingerprint density at radius 3 is 2.33 bits per heavy atom. The Labute approximate surface area is 157 Å². The van der Waals surface area contributed by atoms with Crippen molar-refractivity contribution in [1.82, 2.24) is 4.90 Å². The summed E-state index contributed by atoms with van der Waals surface area (Å²) in [6, 6.07) is 9.39. The van der Waals surface area contributed by atoms with E-state index in [1.54, 1.807) is 6.92 Å². The quantitative estimate of drug-likeness (QED) is 0.353. The fourth-order valence-corrected chi connectivity index (χ4v) is 6.49. The Kier molecular flexibility index (Phi) is 9.81. The van der Waals surface area contributed by atoms with Crippen molar-refractivity contribution < 1.29 is 19.1 Å². The van der Waals surface area contributed by atoms with Crippen molar-refractivity contribution in [2.75, 3.05) is 25.7 Å². The fraction of sp³-hybridized carbons (Fsp3) is 0.467. The lowest BCUT2D eigenvalue weighted by atomic mass is 10.2. The van der Waals surface area contributed by atoms with E-state index >= 15 is 0 Å². The van der Waals surface area contributed by atoms with E-state index in [0.29, 0.717) is 0 Å². The van der Waals surface area contributed by atoms with Gasteiger partial charge in [0.2, 0.25) is 0 Å². The third-order valence-corrected chi connectivity index (χ3v) is 10.4. The number of nitrogens with zero attached hydrogens (tertiary/aromatic N) is 1.